The molecule has 6 aromatic rings. The van der Waals surface area contributed by atoms with E-state index in [9.17, 15) is 66.1 Å². The number of carboxylic acid groups (broad SMARTS) is 1. The normalized spacial score (nSPS) is 19.9. The second-order valence-electron chi connectivity index (χ2n) is 41.6. The first-order chi connectivity index (χ1) is 67.7. The average molecular weight is 2190 g/mol. The molecule has 149 heavy (non-hydrogen) atoms. The largest absolute Gasteiger partial charge is 0.507 e. The van der Waals surface area contributed by atoms with E-state index in [-0.39, 0.29) is 208 Å². The van der Waals surface area contributed by atoms with Gasteiger partial charge in [-0.25, -0.2) is 0 Å². The molecule has 16 nitrogen and oxygen atoms in total. The van der Waals surface area contributed by atoms with Gasteiger partial charge < -0.3 is 76.2 Å². The minimum atomic E-state index is -0.841. The van der Waals surface area contributed by atoms with Gasteiger partial charge in [0.05, 0.1) is 26.1 Å². The van der Waals surface area contributed by atoms with E-state index in [1.807, 2.05) is 54.5 Å². The van der Waals surface area contributed by atoms with Crippen molar-refractivity contribution in [1.82, 2.24) is 0 Å². The fraction of sp³-hybridized carbons (Fsp3) is 0.527. The van der Waals surface area contributed by atoms with Crippen molar-refractivity contribution in [3.8, 4) is 69.0 Å². The number of aryl methyl sites for hydroxylation is 4. The Balaban J connectivity index is 0.000000887. The average Bonchev–Trinajstić information content (AvgIpc) is 0.763. The van der Waals surface area contributed by atoms with Gasteiger partial charge >= 0.3 is 5.97 Å². The summed E-state index contributed by atoms with van der Waals surface area (Å²) in [7, 11) is 0. The summed E-state index contributed by atoms with van der Waals surface area (Å²) < 4.78 is 6.07. The van der Waals surface area contributed by atoms with Gasteiger partial charge in [-0.15, -0.1) is 0 Å². The third kappa shape index (κ3) is 38.3. The second kappa shape index (κ2) is 66.5. The van der Waals surface area contributed by atoms with Crippen LogP contribution in [-0.2, 0) is 48.1 Å². The van der Waals surface area contributed by atoms with Gasteiger partial charge in [0.15, 0.2) is 0 Å². The van der Waals surface area contributed by atoms with Gasteiger partial charge in [0.2, 0.25) is 0 Å². The highest BCUT2D eigenvalue weighted by molar-refractivity contribution is 9.10. The molecule has 20 heteroatoms. The van der Waals surface area contributed by atoms with Gasteiger partial charge in [-0.1, -0.05) is 281 Å². The molecule has 0 fully saturated rings. The molecule has 0 saturated heterocycles. The van der Waals surface area contributed by atoms with Crippen LogP contribution >= 0.6 is 50.7 Å². The smallest absolute Gasteiger partial charge is 0.303 e. The zero-order valence-corrected chi connectivity index (χ0v) is 92.2. The number of rotatable bonds is 36. The van der Waals surface area contributed by atoms with Crippen LogP contribution in [0.5, 0.6) is 69.0 Å². The van der Waals surface area contributed by atoms with Crippen molar-refractivity contribution < 1.29 is 81.0 Å². The number of ether oxygens (including phenoxy) is 1. The van der Waals surface area contributed by atoms with Crippen LogP contribution in [0.4, 0.5) is 0 Å². The Kier molecular flexibility index (Phi) is 61.4. The van der Waals surface area contributed by atoms with Crippen LogP contribution in [-0.4, -0.2) is 97.3 Å². The van der Waals surface area contributed by atoms with Gasteiger partial charge in [-0.2, -0.15) is 0 Å². The lowest BCUT2D eigenvalue weighted by Crippen LogP contribution is -2.17. The molecular weight excluding hydrogens is 1990 g/mol. The van der Waals surface area contributed by atoms with E-state index in [2.05, 4.69) is 154 Å². The van der Waals surface area contributed by atoms with Crippen molar-refractivity contribution in [3.63, 3.8) is 0 Å². The summed E-state index contributed by atoms with van der Waals surface area (Å²) in [6.45, 7) is 59.0. The number of benzene rings is 6. The number of phenolic OH excluding ortho intramolecular Hbond substituents is 12. The molecule has 832 valence electrons. The summed E-state index contributed by atoms with van der Waals surface area (Å²) in [4.78, 5) is 10.6. The quantitative estimate of drug-likeness (QED) is 0.0128. The fourth-order valence-corrected chi connectivity index (χ4v) is 22.9. The van der Waals surface area contributed by atoms with E-state index in [1.165, 1.54) is 33.4 Å². The molecule has 0 amide bonds. The lowest BCUT2D eigenvalue weighted by atomic mass is 9.73. The minimum absolute atomic E-state index is 0. The van der Waals surface area contributed by atoms with E-state index in [0.717, 1.165) is 233 Å². The van der Waals surface area contributed by atoms with Crippen molar-refractivity contribution >= 4 is 56.7 Å². The van der Waals surface area contributed by atoms with E-state index in [1.54, 1.807) is 42.5 Å². The maximum absolute atomic E-state index is 10.8. The van der Waals surface area contributed by atoms with Crippen molar-refractivity contribution in [2.45, 2.75) is 390 Å². The summed E-state index contributed by atoms with van der Waals surface area (Å²) in [5.41, 5.74) is 22.5. The van der Waals surface area contributed by atoms with Crippen LogP contribution in [0.1, 0.15) is 418 Å². The summed E-state index contributed by atoms with van der Waals surface area (Å²) in [5, 5.41) is 146. The molecule has 0 saturated carbocycles. The Morgan fingerprint density at radius 2 is 0.577 bits per heavy atom. The van der Waals surface area contributed by atoms with E-state index >= 15 is 0 Å². The number of aliphatic hydroxyl groups excluding tert-OH is 1. The molecule has 12 atom stereocenters. The number of phenols is 12. The topological polar surface area (TPSA) is 310 Å². The molecule has 0 unspecified atom stereocenters. The molecule has 6 aliphatic rings. The number of halogens is 4. The Bertz CT molecular complexity index is 5300. The van der Waals surface area contributed by atoms with Gasteiger partial charge in [0.1, 0.15) is 69.0 Å². The molecule has 6 aliphatic carbocycles. The van der Waals surface area contributed by atoms with Crippen molar-refractivity contribution in [2.75, 3.05) is 19.8 Å². The number of hydrogen-bond donors (Lipinski definition) is 14. The van der Waals surface area contributed by atoms with Crippen LogP contribution in [0.25, 0.3) is 0 Å². The Morgan fingerprint density at radius 1 is 0.329 bits per heavy atom. The van der Waals surface area contributed by atoms with Gasteiger partial charge in [0, 0.05) is 88.5 Å². The summed E-state index contributed by atoms with van der Waals surface area (Å²) >= 11 is 22.9. The highest BCUT2D eigenvalue weighted by atomic mass is 79.9. The van der Waals surface area contributed by atoms with Crippen molar-refractivity contribution in [2.24, 2.45) is 35.5 Å². The molecular formula is C129H192BrCl3O16. The summed E-state index contributed by atoms with van der Waals surface area (Å²) in [6, 6.07) is 13.8. The summed E-state index contributed by atoms with van der Waals surface area (Å²) in [6.07, 6.45) is 40.9. The van der Waals surface area contributed by atoms with Gasteiger partial charge in [-0.05, 0) is 377 Å². The van der Waals surface area contributed by atoms with E-state index < -0.39 is 5.97 Å². The highest BCUT2D eigenvalue weighted by Crippen LogP contribution is 2.57. The van der Waals surface area contributed by atoms with E-state index in [4.69, 9.17) is 49.8 Å². The predicted molar refractivity (Wildman–Crippen MR) is 636 cm³/mol. The Morgan fingerprint density at radius 3 is 0.866 bits per heavy atom. The van der Waals surface area contributed by atoms with Crippen LogP contribution in [0.2, 0.25) is 15.1 Å². The second-order valence-corrected chi connectivity index (χ2v) is 43.5. The monoisotopic (exact) mass is 2180 g/mol. The molecule has 6 aromatic carbocycles. The number of unbranched alkanes of at least 4 members (excludes halogenated alkanes) is 7. The molecule has 12 rings (SSSR count). The van der Waals surface area contributed by atoms with Gasteiger partial charge in [-0.3, -0.25) is 4.79 Å². The first kappa shape index (κ1) is 138. The first-order valence-corrected chi connectivity index (χ1v) is 54.0. The SMILES string of the molecule is C.C.C.C.C.C.C=C(C)[C@@H]1CCC(C)=C[C@H]1c1c(O)c(Cl)c(CCCCC)c(Cl)c1O.C=C(C)[C@@H]1CCC(C)=C[C@H]1c1c(O)cc(CCCC(=O)O)cc1O.C=C(C)[C@@H]1CCC(C)=C[C@H]1c1c(O)cc(CCCCC)c(Br)c1O.C=C(C)[C@@H]1CCC(C)=C[C@H]1c1c(O)cc(CCCCC)c(Cl)c1O.C=C(C)[C@@H]1CCC(C)=C[C@H]1c1c(O)cc(CCCCO)cc1O.C=C(C)[C@@H]1CCC(C)=C[C@H]1c1c(O)cc(CCOCC)cc1O. The molecule has 0 bridgehead atoms. The molecule has 14 N–H and O–H groups in total. The number of carbonyl (C=O) groups is 1. The number of carboxylic acids is 1. The molecule has 0 radical (unpaired) electrons. The Hall–Kier alpha value is -9.46. The van der Waals surface area contributed by atoms with Crippen LogP contribution in [0.15, 0.2) is 196 Å². The standard InChI is InChI=1S/C21H29BrO2.C21H28Cl2O2.C21H29ClO2.C20H26O4.2C20H28O3.6CH4/c1-5-6-7-8-15-12-18(23)19(21(24)20(15)22)17-11-14(4)9-10-16(17)13(2)3;1-5-6-7-8-15-18(22)20(24)17(21(25)19(15)23)16-11-13(4)9-10-14(16)12(2)3;1-5-6-7-8-15-12-18(23)19(21(24)20(15)22)17-11-14(4)9-10-16(17)13(2)3;1-12(2)15-8-7-13(3)9-16(15)20-17(21)10-14(11-18(20)22)5-4-6-19(23)24;1-13(2)16-8-7-14(3)10-17(16)20-18(22)11-15(12-19(20)23)6-4-5-9-21;1-5-23-9-8-15-11-18(21)20(19(22)12-15)17-10-14(4)6-7-16(17)13(2)3;;;;;;/h11-12,16-17,23-24H,2,5-10H2,1,3-4H3;11,14,16,24-25H,2,5-10H2,1,3-4H3;11-12,16-17,23-24H,2,5-10H2,1,3-4H3;9-11,15-16,21-22H,1,4-8H2,2-3H3,(H,23,24);10-12,16-17,21-23H,1,4-9H2,2-3H3;10-12,16-17,21-22H,2,5-9H2,1,3-4H3;6*1H4/t16-,17+;14-,16+;16-,17+;15-,16+;2*16-,17+;;;;;;/m000000....../s1. The lowest BCUT2D eigenvalue weighted by molar-refractivity contribution is -0.137. The molecule has 0 spiro atoms. The van der Waals surface area contributed by atoms with Crippen LogP contribution in [0, 0.1) is 35.5 Å². The zero-order chi connectivity index (χ0) is 106. The number of hydrogen-bond acceptors (Lipinski definition) is 15. The fourth-order valence-electron chi connectivity index (χ4n) is 21.5. The third-order valence-corrected chi connectivity index (χ3v) is 31.7. The highest BCUT2D eigenvalue weighted by Gasteiger charge is 2.39. The van der Waals surface area contributed by atoms with Gasteiger partial charge in [0.25, 0.3) is 0 Å². The number of allylic oxidation sites excluding steroid dienone is 18. The van der Waals surface area contributed by atoms with Crippen LogP contribution in [0.3, 0.4) is 0 Å². The first-order valence-electron chi connectivity index (χ1n) is 52.1. The predicted octanol–water partition coefficient (Wildman–Crippen LogP) is 37.7. The maximum atomic E-state index is 10.8. The van der Waals surface area contributed by atoms with Crippen LogP contribution < -0.4 is 0 Å². The maximum Gasteiger partial charge on any atom is 0.303 e. The molecule has 0 aliphatic heterocycles. The lowest BCUT2D eigenvalue weighted by Gasteiger charge is -2.32. The summed E-state index contributed by atoms with van der Waals surface area (Å²) in [5.74, 6) is 1.38. The third-order valence-electron chi connectivity index (χ3n) is 29.6. The molecule has 0 aromatic heterocycles. The molecule has 0 heterocycles. The number of aromatic hydroxyl groups is 12. The van der Waals surface area contributed by atoms with E-state index in [0.29, 0.717) is 82.9 Å². The minimum Gasteiger partial charge on any atom is -0.507 e. The number of aliphatic carboxylic acids is 1. The Labute approximate surface area is 923 Å². The van der Waals surface area contributed by atoms with Crippen molar-refractivity contribution in [3.05, 3.63) is 278 Å². The zero-order valence-electron chi connectivity index (χ0n) is 88.4. The number of aliphatic hydroxyl groups is 1. The van der Waals surface area contributed by atoms with Crippen molar-refractivity contribution in [1.29, 1.82) is 0 Å².